The van der Waals surface area contributed by atoms with Crippen molar-refractivity contribution < 1.29 is 18.3 Å². The standard InChI is InChI=1S/C13H25NO4S/c1-11(2)10-14(12-6-3-4-7-12)19(17,18)9-5-8-13(15)16/h11-12H,3-10H2,1-2H3,(H,15,16). The van der Waals surface area contributed by atoms with Crippen LogP contribution >= 0.6 is 0 Å². The van der Waals surface area contributed by atoms with Gasteiger partial charge in [0.05, 0.1) is 5.75 Å². The van der Waals surface area contributed by atoms with Crippen LogP contribution in [-0.4, -0.2) is 42.1 Å². The summed E-state index contributed by atoms with van der Waals surface area (Å²) < 4.78 is 26.4. The van der Waals surface area contributed by atoms with E-state index in [-0.39, 0.29) is 30.6 Å². The first-order chi connectivity index (χ1) is 8.83. The smallest absolute Gasteiger partial charge is 0.303 e. The topological polar surface area (TPSA) is 74.7 Å². The Hall–Kier alpha value is -0.620. The molecule has 1 rings (SSSR count). The van der Waals surface area contributed by atoms with Crippen molar-refractivity contribution in [1.82, 2.24) is 4.31 Å². The molecule has 0 aromatic rings. The monoisotopic (exact) mass is 291 g/mol. The number of hydrogen-bond donors (Lipinski definition) is 1. The minimum absolute atomic E-state index is 0.0531. The molecule has 0 aromatic heterocycles. The van der Waals surface area contributed by atoms with Gasteiger partial charge in [-0.2, -0.15) is 4.31 Å². The summed E-state index contributed by atoms with van der Waals surface area (Å²) in [7, 11) is -3.33. The molecule has 5 nitrogen and oxygen atoms in total. The van der Waals surface area contributed by atoms with Gasteiger partial charge in [0.15, 0.2) is 0 Å². The maximum atomic E-state index is 12.4. The first-order valence-electron chi connectivity index (χ1n) is 7.04. The second-order valence-corrected chi connectivity index (χ2v) is 7.76. The maximum Gasteiger partial charge on any atom is 0.303 e. The van der Waals surface area contributed by atoms with Crippen molar-refractivity contribution in [2.24, 2.45) is 5.92 Å². The molecular formula is C13H25NO4S. The molecule has 0 amide bonds. The molecule has 1 fully saturated rings. The predicted molar refractivity (Wildman–Crippen MR) is 74.5 cm³/mol. The molecule has 1 aliphatic rings. The molecule has 19 heavy (non-hydrogen) atoms. The molecule has 0 bridgehead atoms. The summed E-state index contributed by atoms with van der Waals surface area (Å²) in [6.45, 7) is 4.56. The highest BCUT2D eigenvalue weighted by Gasteiger charge is 2.32. The van der Waals surface area contributed by atoms with Crippen LogP contribution in [0.25, 0.3) is 0 Å². The zero-order valence-corrected chi connectivity index (χ0v) is 12.7. The fraction of sp³-hybridized carbons (Fsp3) is 0.923. The Morgan fingerprint density at radius 2 is 1.89 bits per heavy atom. The molecule has 1 N–H and O–H groups in total. The van der Waals surface area contributed by atoms with Crippen molar-refractivity contribution in [1.29, 1.82) is 0 Å². The minimum atomic E-state index is -3.33. The lowest BCUT2D eigenvalue weighted by Crippen LogP contribution is -2.42. The van der Waals surface area contributed by atoms with Gasteiger partial charge in [0.25, 0.3) is 0 Å². The summed E-state index contributed by atoms with van der Waals surface area (Å²) in [5.74, 6) is -0.705. The van der Waals surface area contributed by atoms with E-state index in [1.54, 1.807) is 4.31 Å². The fourth-order valence-electron chi connectivity index (χ4n) is 2.56. The number of rotatable bonds is 8. The van der Waals surface area contributed by atoms with Crippen LogP contribution in [0.5, 0.6) is 0 Å². The van der Waals surface area contributed by atoms with Gasteiger partial charge in [-0.05, 0) is 25.2 Å². The van der Waals surface area contributed by atoms with Crippen LogP contribution in [0.2, 0.25) is 0 Å². The van der Waals surface area contributed by atoms with Crippen LogP contribution in [-0.2, 0) is 14.8 Å². The largest absolute Gasteiger partial charge is 0.481 e. The van der Waals surface area contributed by atoms with Gasteiger partial charge in [-0.3, -0.25) is 4.79 Å². The molecule has 1 saturated carbocycles. The zero-order chi connectivity index (χ0) is 14.5. The Bertz CT molecular complexity index is 385. The summed E-state index contributed by atoms with van der Waals surface area (Å²) in [6, 6.07) is 0.122. The molecule has 6 heteroatoms. The Labute approximate surface area is 116 Å². The number of aliphatic carboxylic acids is 1. The zero-order valence-electron chi connectivity index (χ0n) is 11.8. The van der Waals surface area contributed by atoms with E-state index in [4.69, 9.17) is 5.11 Å². The summed E-state index contributed by atoms with van der Waals surface area (Å²) in [6.07, 6.45) is 4.15. The van der Waals surface area contributed by atoms with Crippen molar-refractivity contribution in [3.8, 4) is 0 Å². The van der Waals surface area contributed by atoms with Crippen molar-refractivity contribution >= 4 is 16.0 Å². The molecule has 0 saturated heterocycles. The van der Waals surface area contributed by atoms with Crippen LogP contribution in [0.3, 0.4) is 0 Å². The summed E-state index contributed by atoms with van der Waals surface area (Å²) in [5.41, 5.74) is 0. The van der Waals surface area contributed by atoms with Crippen LogP contribution < -0.4 is 0 Å². The van der Waals surface area contributed by atoms with E-state index in [0.29, 0.717) is 6.54 Å². The third kappa shape index (κ3) is 5.48. The van der Waals surface area contributed by atoms with Crippen molar-refractivity contribution in [3.05, 3.63) is 0 Å². The average Bonchev–Trinajstić information content (AvgIpc) is 2.77. The predicted octanol–water partition coefficient (Wildman–Crippen LogP) is 2.08. The second kappa shape index (κ2) is 7.24. The van der Waals surface area contributed by atoms with Gasteiger partial charge in [0.1, 0.15) is 0 Å². The molecule has 0 unspecified atom stereocenters. The highest BCUT2D eigenvalue weighted by Crippen LogP contribution is 2.27. The normalized spacial score (nSPS) is 17.5. The van der Waals surface area contributed by atoms with Gasteiger partial charge in [-0.1, -0.05) is 26.7 Å². The molecule has 0 heterocycles. The van der Waals surface area contributed by atoms with Gasteiger partial charge in [0.2, 0.25) is 10.0 Å². The molecule has 0 aliphatic heterocycles. The van der Waals surface area contributed by atoms with E-state index in [0.717, 1.165) is 25.7 Å². The lowest BCUT2D eigenvalue weighted by molar-refractivity contribution is -0.137. The van der Waals surface area contributed by atoms with Crippen LogP contribution in [0, 0.1) is 5.92 Å². The van der Waals surface area contributed by atoms with E-state index in [9.17, 15) is 13.2 Å². The van der Waals surface area contributed by atoms with E-state index in [1.165, 1.54) is 0 Å². The van der Waals surface area contributed by atoms with E-state index in [2.05, 4.69) is 0 Å². The van der Waals surface area contributed by atoms with Crippen molar-refractivity contribution in [2.75, 3.05) is 12.3 Å². The number of sulfonamides is 1. The van der Waals surface area contributed by atoms with Crippen LogP contribution in [0.1, 0.15) is 52.4 Å². The minimum Gasteiger partial charge on any atom is -0.481 e. The summed E-state index contributed by atoms with van der Waals surface area (Å²) in [5, 5.41) is 8.60. The Balaban J connectivity index is 2.68. The molecule has 0 radical (unpaired) electrons. The first-order valence-corrected chi connectivity index (χ1v) is 8.65. The third-order valence-corrected chi connectivity index (χ3v) is 5.39. The van der Waals surface area contributed by atoms with Gasteiger partial charge < -0.3 is 5.11 Å². The molecular weight excluding hydrogens is 266 g/mol. The van der Waals surface area contributed by atoms with Crippen molar-refractivity contribution in [3.63, 3.8) is 0 Å². The molecule has 0 atom stereocenters. The third-order valence-electron chi connectivity index (χ3n) is 3.43. The van der Waals surface area contributed by atoms with E-state index < -0.39 is 16.0 Å². The Morgan fingerprint density at radius 1 is 1.32 bits per heavy atom. The van der Waals surface area contributed by atoms with Gasteiger partial charge in [0, 0.05) is 19.0 Å². The van der Waals surface area contributed by atoms with Crippen LogP contribution in [0.4, 0.5) is 0 Å². The Morgan fingerprint density at radius 3 is 2.37 bits per heavy atom. The quantitative estimate of drug-likeness (QED) is 0.743. The fourth-order valence-corrected chi connectivity index (χ4v) is 4.50. The number of hydrogen-bond acceptors (Lipinski definition) is 3. The molecule has 0 spiro atoms. The van der Waals surface area contributed by atoms with Gasteiger partial charge >= 0.3 is 5.97 Å². The summed E-state index contributed by atoms with van der Waals surface area (Å²) >= 11 is 0. The van der Waals surface area contributed by atoms with Crippen molar-refractivity contribution in [2.45, 2.75) is 58.4 Å². The molecule has 1 aliphatic carbocycles. The Kier molecular flexibility index (Phi) is 6.26. The average molecular weight is 291 g/mol. The summed E-state index contributed by atoms with van der Waals surface area (Å²) in [4.78, 5) is 10.5. The maximum absolute atomic E-state index is 12.4. The highest BCUT2D eigenvalue weighted by atomic mass is 32.2. The molecule has 112 valence electrons. The SMILES string of the molecule is CC(C)CN(C1CCCC1)S(=O)(=O)CCCC(=O)O. The van der Waals surface area contributed by atoms with Gasteiger partial charge in [-0.15, -0.1) is 0 Å². The second-order valence-electron chi connectivity index (χ2n) is 5.72. The van der Waals surface area contributed by atoms with E-state index in [1.807, 2.05) is 13.8 Å². The van der Waals surface area contributed by atoms with E-state index >= 15 is 0 Å². The lowest BCUT2D eigenvalue weighted by Gasteiger charge is -2.29. The van der Waals surface area contributed by atoms with Gasteiger partial charge in [-0.25, -0.2) is 8.42 Å². The first kappa shape index (κ1) is 16.4. The lowest BCUT2D eigenvalue weighted by atomic mass is 10.2. The highest BCUT2D eigenvalue weighted by molar-refractivity contribution is 7.89. The van der Waals surface area contributed by atoms with Crippen LogP contribution in [0.15, 0.2) is 0 Å². The number of carboxylic acid groups (broad SMARTS) is 1. The molecule has 0 aromatic carbocycles. The number of carbonyl (C=O) groups is 1. The number of nitrogens with zero attached hydrogens (tertiary/aromatic N) is 1. The number of carboxylic acids is 1.